The molecule has 33 heavy (non-hydrogen) atoms. The molecule has 0 saturated heterocycles. The Labute approximate surface area is 197 Å². The molecule has 1 saturated carbocycles. The van der Waals surface area contributed by atoms with E-state index in [4.69, 9.17) is 0 Å². The van der Waals surface area contributed by atoms with Crippen LogP contribution < -0.4 is 10.2 Å². The predicted octanol–water partition coefficient (Wildman–Crippen LogP) is 4.45. The van der Waals surface area contributed by atoms with Gasteiger partial charge in [0.2, 0.25) is 11.8 Å². The summed E-state index contributed by atoms with van der Waals surface area (Å²) in [7, 11) is 0. The van der Waals surface area contributed by atoms with E-state index < -0.39 is 10.8 Å². The van der Waals surface area contributed by atoms with Gasteiger partial charge in [0.05, 0.1) is 23.2 Å². The van der Waals surface area contributed by atoms with E-state index in [9.17, 15) is 9.59 Å². The fraction of sp³-hybridized carbons (Fsp3) is 0.360. The van der Waals surface area contributed by atoms with Gasteiger partial charge in [-0.05, 0) is 51.3 Å². The van der Waals surface area contributed by atoms with Crippen LogP contribution in [-0.2, 0) is 16.1 Å². The fourth-order valence-electron chi connectivity index (χ4n) is 4.18. The summed E-state index contributed by atoms with van der Waals surface area (Å²) in [5.74, 6) is 1.10. The zero-order valence-corrected chi connectivity index (χ0v) is 19.8. The van der Waals surface area contributed by atoms with Crippen molar-refractivity contribution in [3.05, 3.63) is 66.0 Å². The molecule has 2 amide bonds. The molecule has 0 bridgehead atoms. The molecule has 1 atom stereocenters. The minimum absolute atomic E-state index is 0.130. The van der Waals surface area contributed by atoms with Gasteiger partial charge in [-0.25, -0.2) is 0 Å². The average molecular weight is 462 g/mol. The van der Waals surface area contributed by atoms with Crippen molar-refractivity contribution in [3.63, 3.8) is 0 Å². The Morgan fingerprint density at radius 3 is 2.55 bits per heavy atom. The molecule has 7 nitrogen and oxygen atoms in total. The number of carbonyl (C=O) groups is 2. The van der Waals surface area contributed by atoms with Crippen molar-refractivity contribution in [1.82, 2.24) is 14.8 Å². The van der Waals surface area contributed by atoms with Crippen LogP contribution in [0.25, 0.3) is 0 Å². The van der Waals surface area contributed by atoms with E-state index in [-0.39, 0.29) is 11.8 Å². The Morgan fingerprint density at radius 2 is 1.82 bits per heavy atom. The summed E-state index contributed by atoms with van der Waals surface area (Å²) in [4.78, 5) is 28.1. The molecule has 1 N–H and O–H groups in total. The third kappa shape index (κ3) is 4.04. The maximum absolute atomic E-state index is 13.7. The first-order valence-electron chi connectivity index (χ1n) is 11.2. The first-order valence-corrected chi connectivity index (χ1v) is 12.1. The van der Waals surface area contributed by atoms with Crippen LogP contribution in [0.3, 0.4) is 0 Å². The van der Waals surface area contributed by atoms with Crippen molar-refractivity contribution >= 4 is 35.0 Å². The molecule has 2 heterocycles. The van der Waals surface area contributed by atoms with Crippen molar-refractivity contribution in [3.8, 4) is 0 Å². The van der Waals surface area contributed by atoms with Gasteiger partial charge in [-0.3, -0.25) is 14.5 Å². The minimum atomic E-state index is -1.00. The van der Waals surface area contributed by atoms with E-state index >= 15 is 0 Å². The van der Waals surface area contributed by atoms with Crippen LogP contribution in [0, 0.1) is 0 Å². The van der Waals surface area contributed by atoms with E-state index in [1.165, 1.54) is 17.3 Å². The first kappa shape index (κ1) is 21.7. The molecule has 5 rings (SSSR count). The van der Waals surface area contributed by atoms with E-state index in [0.29, 0.717) is 23.8 Å². The quantitative estimate of drug-likeness (QED) is 0.549. The van der Waals surface area contributed by atoms with Crippen LogP contribution in [0.15, 0.2) is 59.8 Å². The lowest BCUT2D eigenvalue weighted by Gasteiger charge is -2.43. The number of thioether (sulfide) groups is 1. The van der Waals surface area contributed by atoms with Crippen molar-refractivity contribution in [2.75, 3.05) is 10.2 Å². The molecule has 0 spiro atoms. The van der Waals surface area contributed by atoms with Crippen molar-refractivity contribution in [1.29, 1.82) is 0 Å². The van der Waals surface area contributed by atoms with Gasteiger partial charge < -0.3 is 9.88 Å². The van der Waals surface area contributed by atoms with Crippen LogP contribution in [0.2, 0.25) is 0 Å². The zero-order valence-electron chi connectivity index (χ0n) is 19.0. The molecule has 8 heteroatoms. The third-order valence-corrected chi connectivity index (χ3v) is 7.30. The maximum Gasteiger partial charge on any atom is 0.250 e. The van der Waals surface area contributed by atoms with Gasteiger partial charge in [-0.15, -0.1) is 10.2 Å². The average Bonchev–Trinajstić information content (AvgIpc) is 3.57. The number of aromatic nitrogens is 3. The fourth-order valence-corrected chi connectivity index (χ4v) is 5.08. The van der Waals surface area contributed by atoms with Crippen molar-refractivity contribution < 1.29 is 9.59 Å². The second kappa shape index (κ2) is 8.33. The van der Waals surface area contributed by atoms with Gasteiger partial charge in [-0.1, -0.05) is 54.2 Å². The lowest BCUT2D eigenvalue weighted by molar-refractivity contribution is -0.126. The number of rotatable bonds is 6. The number of hydrogen-bond acceptors (Lipinski definition) is 5. The monoisotopic (exact) mass is 461 g/mol. The Hall–Kier alpha value is -3.13. The highest BCUT2D eigenvalue weighted by Gasteiger charge is 2.45. The molecule has 1 aliphatic heterocycles. The maximum atomic E-state index is 13.7. The topological polar surface area (TPSA) is 80.1 Å². The Balaban J connectivity index is 1.44. The largest absolute Gasteiger partial charge is 0.322 e. The van der Waals surface area contributed by atoms with Gasteiger partial charge in [0, 0.05) is 5.92 Å². The molecule has 170 valence electrons. The third-order valence-electron chi connectivity index (χ3n) is 6.23. The number of hydrogen-bond donors (Lipinski definition) is 1. The highest BCUT2D eigenvalue weighted by molar-refractivity contribution is 8.00. The van der Waals surface area contributed by atoms with Crippen LogP contribution >= 0.6 is 11.8 Å². The van der Waals surface area contributed by atoms with E-state index in [0.717, 1.165) is 23.8 Å². The summed E-state index contributed by atoms with van der Waals surface area (Å²) in [5.41, 5.74) is 1.53. The standard InChI is InChI=1S/C25H27N5O2S/c1-16(22(31)30-20-12-8-7-11-19(20)26-23(32)25(30,2)3)33-24-28-27-21(18-13-14-18)29(24)15-17-9-5-4-6-10-17/h4-12,16,18H,13-15H2,1-3H3,(H,26,32). The highest BCUT2D eigenvalue weighted by Crippen LogP contribution is 2.42. The van der Waals surface area contributed by atoms with E-state index in [1.807, 2.05) is 49.4 Å². The molecule has 1 aromatic heterocycles. The summed E-state index contributed by atoms with van der Waals surface area (Å²) < 4.78 is 2.14. The number of nitrogens with one attached hydrogen (secondary N) is 1. The minimum Gasteiger partial charge on any atom is -0.322 e. The molecule has 3 aromatic rings. The first-order chi connectivity index (χ1) is 15.9. The summed E-state index contributed by atoms with van der Waals surface area (Å²) in [6.45, 7) is 6.09. The molecule has 0 radical (unpaired) electrons. The number of anilines is 2. The van der Waals surface area contributed by atoms with Gasteiger partial charge >= 0.3 is 0 Å². The van der Waals surface area contributed by atoms with E-state index in [2.05, 4.69) is 32.2 Å². The number of carbonyl (C=O) groups excluding carboxylic acids is 2. The normalized spacial score (nSPS) is 17.9. The summed E-state index contributed by atoms with van der Waals surface area (Å²) >= 11 is 1.40. The van der Waals surface area contributed by atoms with Crippen LogP contribution in [0.4, 0.5) is 11.4 Å². The number of fused-ring (bicyclic) bond motifs is 1. The van der Waals surface area contributed by atoms with Crippen LogP contribution in [0.5, 0.6) is 0 Å². The number of amides is 2. The number of nitrogens with zero attached hydrogens (tertiary/aromatic N) is 4. The Bertz CT molecular complexity index is 1200. The summed E-state index contributed by atoms with van der Waals surface area (Å²) in [6, 6.07) is 17.6. The predicted molar refractivity (Wildman–Crippen MR) is 129 cm³/mol. The molecular weight excluding hydrogens is 434 g/mol. The molecular formula is C25H27N5O2S. The van der Waals surface area contributed by atoms with Crippen molar-refractivity contribution in [2.24, 2.45) is 0 Å². The van der Waals surface area contributed by atoms with Gasteiger partial charge in [-0.2, -0.15) is 0 Å². The molecule has 2 aromatic carbocycles. The summed E-state index contributed by atoms with van der Waals surface area (Å²) in [5, 5.41) is 12.1. The second-order valence-corrected chi connectivity index (χ2v) is 10.5. The van der Waals surface area contributed by atoms with Gasteiger partial charge in [0.25, 0.3) is 0 Å². The molecule has 1 unspecified atom stereocenters. The Morgan fingerprint density at radius 1 is 1.12 bits per heavy atom. The lowest BCUT2D eigenvalue weighted by Crippen LogP contribution is -2.60. The van der Waals surface area contributed by atoms with Crippen molar-refractivity contribution in [2.45, 2.75) is 62.0 Å². The Kier molecular flexibility index (Phi) is 5.48. The molecule has 1 fully saturated rings. The smallest absolute Gasteiger partial charge is 0.250 e. The SMILES string of the molecule is CC(Sc1nnc(C2CC2)n1Cc1ccccc1)C(=O)N1c2ccccc2NC(=O)C1(C)C. The number of benzene rings is 2. The van der Waals surface area contributed by atoms with E-state index in [1.54, 1.807) is 18.7 Å². The summed E-state index contributed by atoms with van der Waals surface area (Å²) in [6.07, 6.45) is 2.25. The van der Waals surface area contributed by atoms with Crippen LogP contribution in [-0.4, -0.2) is 37.4 Å². The zero-order chi connectivity index (χ0) is 23.2. The number of para-hydroxylation sites is 2. The van der Waals surface area contributed by atoms with Gasteiger partial charge in [0.15, 0.2) is 5.16 Å². The molecule has 2 aliphatic rings. The van der Waals surface area contributed by atoms with Gasteiger partial charge in [0.1, 0.15) is 11.4 Å². The highest BCUT2D eigenvalue weighted by atomic mass is 32.2. The molecule has 1 aliphatic carbocycles. The lowest BCUT2D eigenvalue weighted by atomic mass is 9.96. The second-order valence-electron chi connectivity index (χ2n) is 9.15. The van der Waals surface area contributed by atoms with Crippen LogP contribution in [0.1, 0.15) is 50.9 Å².